The highest BCUT2D eigenvalue weighted by molar-refractivity contribution is 5.94. The van der Waals surface area contributed by atoms with Crippen molar-refractivity contribution in [3.63, 3.8) is 0 Å². The van der Waals surface area contributed by atoms with Gasteiger partial charge in [0.2, 0.25) is 0 Å². The minimum absolute atomic E-state index is 0.0135. The first-order valence-corrected chi connectivity index (χ1v) is 14.8. The van der Waals surface area contributed by atoms with Crippen molar-refractivity contribution < 1.29 is 19.6 Å². The molecule has 0 aliphatic rings. The fourth-order valence-corrected chi connectivity index (χ4v) is 5.30. The summed E-state index contributed by atoms with van der Waals surface area (Å²) in [6, 6.07) is 22.7. The number of pyridine rings is 1. The average Bonchev–Trinajstić information content (AvgIpc) is 3.02. The lowest BCUT2D eigenvalue weighted by Gasteiger charge is -2.32. The van der Waals surface area contributed by atoms with E-state index >= 15 is 0 Å². The van der Waals surface area contributed by atoms with Gasteiger partial charge in [0.15, 0.2) is 0 Å². The second-order valence-corrected chi connectivity index (χ2v) is 11.4. The molecule has 4 aromatic rings. The molecular weight excluding hydrogens is 570 g/mol. The van der Waals surface area contributed by atoms with Gasteiger partial charge < -0.3 is 19.8 Å². The van der Waals surface area contributed by atoms with Crippen molar-refractivity contribution >= 4 is 23.3 Å². The van der Waals surface area contributed by atoms with Crippen LogP contribution in [0.4, 0.5) is 11.4 Å². The lowest BCUT2D eigenvalue weighted by atomic mass is 9.97. The predicted molar refractivity (Wildman–Crippen MR) is 175 cm³/mol. The smallest absolute Gasteiger partial charge is 0.305 e. The van der Waals surface area contributed by atoms with E-state index in [0.29, 0.717) is 28.9 Å². The summed E-state index contributed by atoms with van der Waals surface area (Å²) in [6.07, 6.45) is 3.62. The predicted octanol–water partition coefficient (Wildman–Crippen LogP) is 6.21. The molecule has 45 heavy (non-hydrogen) atoms. The molecule has 1 N–H and O–H groups in total. The Labute approximate surface area is 263 Å². The number of aromatic nitrogens is 1. The fourth-order valence-electron chi connectivity index (χ4n) is 5.30. The van der Waals surface area contributed by atoms with Crippen LogP contribution in [0.15, 0.2) is 91.3 Å². The van der Waals surface area contributed by atoms with Crippen molar-refractivity contribution in [2.75, 3.05) is 39.1 Å². The monoisotopic (exact) mass is 609 g/mol. The standard InChI is InChI=1S/C35H39N5O5/c1-25-11-13-27(14-12-25)32(22-34(41)42)39(35(43)30-10-6-17-36-23-30)24-26-8-5-9-28(20-26)29-15-16-31(33(21-29)40(44)45)38(4)19-7-18-37(2)3/h5-6,8-17,20-21,23,32H,7,18-19,22,24H2,1-4H3,(H,41,42). The summed E-state index contributed by atoms with van der Waals surface area (Å²) in [5.74, 6) is -1.38. The highest BCUT2D eigenvalue weighted by Crippen LogP contribution is 2.34. The van der Waals surface area contributed by atoms with Gasteiger partial charge in [0.25, 0.3) is 11.6 Å². The van der Waals surface area contributed by atoms with E-state index in [1.807, 2.05) is 87.6 Å². The van der Waals surface area contributed by atoms with E-state index in [1.54, 1.807) is 35.4 Å². The lowest BCUT2D eigenvalue weighted by Crippen LogP contribution is -2.36. The first kappa shape index (κ1) is 32.8. The van der Waals surface area contributed by atoms with Crippen molar-refractivity contribution in [3.8, 4) is 11.1 Å². The number of carboxylic acid groups (broad SMARTS) is 1. The Morgan fingerprint density at radius 3 is 2.31 bits per heavy atom. The number of benzene rings is 3. The van der Waals surface area contributed by atoms with Crippen LogP contribution >= 0.6 is 0 Å². The number of carbonyl (C=O) groups excluding carboxylic acids is 1. The van der Waals surface area contributed by atoms with E-state index in [2.05, 4.69) is 9.88 Å². The Balaban J connectivity index is 1.70. The van der Waals surface area contributed by atoms with Gasteiger partial charge in [0.05, 0.1) is 22.9 Å². The Kier molecular flexibility index (Phi) is 11.0. The molecule has 0 aliphatic carbocycles. The van der Waals surface area contributed by atoms with Crippen LogP contribution in [-0.4, -0.2) is 70.9 Å². The molecule has 0 aliphatic heterocycles. The molecule has 234 valence electrons. The maximum absolute atomic E-state index is 13.9. The zero-order valence-corrected chi connectivity index (χ0v) is 26.1. The molecule has 1 aromatic heterocycles. The number of aryl methyl sites for hydroxylation is 1. The van der Waals surface area contributed by atoms with Crippen LogP contribution in [0.5, 0.6) is 0 Å². The third-order valence-corrected chi connectivity index (χ3v) is 7.67. The number of carboxylic acids is 1. The highest BCUT2D eigenvalue weighted by Gasteiger charge is 2.29. The van der Waals surface area contributed by atoms with Gasteiger partial charge in [0.1, 0.15) is 5.69 Å². The summed E-state index contributed by atoms with van der Waals surface area (Å²) in [4.78, 5) is 47.3. The Morgan fingerprint density at radius 1 is 0.933 bits per heavy atom. The maximum Gasteiger partial charge on any atom is 0.305 e. The molecular formula is C35H39N5O5. The molecule has 0 saturated heterocycles. The third-order valence-electron chi connectivity index (χ3n) is 7.67. The largest absolute Gasteiger partial charge is 0.481 e. The maximum atomic E-state index is 13.9. The molecule has 1 unspecified atom stereocenters. The van der Waals surface area contributed by atoms with Gasteiger partial charge in [-0.25, -0.2) is 0 Å². The van der Waals surface area contributed by atoms with Crippen molar-refractivity contribution in [3.05, 3.63) is 124 Å². The average molecular weight is 610 g/mol. The van der Waals surface area contributed by atoms with Crippen molar-refractivity contribution in [1.29, 1.82) is 0 Å². The molecule has 10 nitrogen and oxygen atoms in total. The van der Waals surface area contributed by atoms with E-state index in [4.69, 9.17) is 0 Å². The zero-order chi connectivity index (χ0) is 32.5. The molecule has 4 rings (SSSR count). The van der Waals surface area contributed by atoms with Crippen LogP contribution in [0, 0.1) is 17.0 Å². The summed E-state index contributed by atoms with van der Waals surface area (Å²) in [6.45, 7) is 3.61. The van der Waals surface area contributed by atoms with E-state index in [1.165, 1.54) is 6.20 Å². The van der Waals surface area contributed by atoms with Gasteiger partial charge in [-0.3, -0.25) is 24.7 Å². The molecule has 3 aromatic carbocycles. The SMILES string of the molecule is Cc1ccc(C(CC(=O)O)N(Cc2cccc(-c3ccc(N(C)CCCN(C)C)c([N+](=O)[O-])c3)c2)C(=O)c2cccnc2)cc1. The Bertz CT molecular complexity index is 1630. The van der Waals surface area contributed by atoms with Crippen LogP contribution in [0.3, 0.4) is 0 Å². The molecule has 10 heteroatoms. The van der Waals surface area contributed by atoms with E-state index in [9.17, 15) is 24.8 Å². The molecule has 0 fully saturated rings. The first-order chi connectivity index (χ1) is 21.5. The lowest BCUT2D eigenvalue weighted by molar-refractivity contribution is -0.384. The minimum Gasteiger partial charge on any atom is -0.481 e. The van der Waals surface area contributed by atoms with E-state index in [-0.39, 0.29) is 29.5 Å². The number of anilines is 1. The summed E-state index contributed by atoms with van der Waals surface area (Å²) < 4.78 is 0. The Morgan fingerprint density at radius 2 is 1.67 bits per heavy atom. The topological polar surface area (TPSA) is 120 Å². The van der Waals surface area contributed by atoms with Crippen LogP contribution in [0.2, 0.25) is 0 Å². The second-order valence-electron chi connectivity index (χ2n) is 11.4. The molecule has 0 bridgehead atoms. The van der Waals surface area contributed by atoms with Crippen LogP contribution in [0.25, 0.3) is 11.1 Å². The number of hydrogen-bond donors (Lipinski definition) is 1. The molecule has 1 atom stereocenters. The van der Waals surface area contributed by atoms with Gasteiger partial charge in [-0.05, 0) is 80.5 Å². The number of rotatable bonds is 14. The number of nitrogens with zero attached hydrogens (tertiary/aromatic N) is 5. The van der Waals surface area contributed by atoms with Gasteiger partial charge >= 0.3 is 5.97 Å². The van der Waals surface area contributed by atoms with Crippen molar-refractivity contribution in [1.82, 2.24) is 14.8 Å². The molecule has 1 heterocycles. The fraction of sp³-hybridized carbons (Fsp3) is 0.286. The summed E-state index contributed by atoms with van der Waals surface area (Å²) in [5, 5.41) is 22.0. The van der Waals surface area contributed by atoms with Gasteiger partial charge in [-0.15, -0.1) is 0 Å². The van der Waals surface area contributed by atoms with Crippen molar-refractivity contribution in [2.24, 2.45) is 0 Å². The van der Waals surface area contributed by atoms with E-state index in [0.717, 1.165) is 29.7 Å². The number of hydrogen-bond acceptors (Lipinski definition) is 7. The second kappa shape index (κ2) is 15.1. The number of amides is 1. The molecule has 0 saturated carbocycles. The van der Waals surface area contributed by atoms with Crippen molar-refractivity contribution in [2.45, 2.75) is 32.4 Å². The summed E-state index contributed by atoms with van der Waals surface area (Å²) in [5.41, 5.74) is 4.79. The van der Waals surface area contributed by atoms with Gasteiger partial charge in [0, 0.05) is 38.6 Å². The zero-order valence-electron chi connectivity index (χ0n) is 26.1. The normalized spacial score (nSPS) is 11.7. The number of nitro groups is 1. The number of carbonyl (C=O) groups is 2. The molecule has 1 amide bonds. The van der Waals surface area contributed by atoms with Crippen LogP contribution in [-0.2, 0) is 11.3 Å². The summed E-state index contributed by atoms with van der Waals surface area (Å²) >= 11 is 0. The first-order valence-electron chi connectivity index (χ1n) is 14.8. The van der Waals surface area contributed by atoms with Gasteiger partial charge in [-0.2, -0.15) is 0 Å². The minimum atomic E-state index is -1.03. The van der Waals surface area contributed by atoms with Crippen LogP contribution < -0.4 is 4.90 Å². The highest BCUT2D eigenvalue weighted by atomic mass is 16.6. The Hall–Kier alpha value is -5.09. The quantitative estimate of drug-likeness (QED) is 0.132. The third kappa shape index (κ3) is 8.73. The van der Waals surface area contributed by atoms with E-state index < -0.39 is 12.0 Å². The number of aliphatic carboxylic acids is 1. The molecule has 0 spiro atoms. The number of nitro benzene ring substituents is 1. The van der Waals surface area contributed by atoms with Gasteiger partial charge in [-0.1, -0.05) is 54.1 Å². The summed E-state index contributed by atoms with van der Waals surface area (Å²) in [7, 11) is 5.84. The molecule has 0 radical (unpaired) electrons. The van der Waals surface area contributed by atoms with Crippen LogP contribution in [0.1, 0.15) is 45.9 Å².